The van der Waals surface area contributed by atoms with Crippen LogP contribution in [-0.4, -0.2) is 56.2 Å². The van der Waals surface area contributed by atoms with Crippen molar-refractivity contribution in [3.8, 4) is 6.07 Å². The maximum atomic E-state index is 12.9. The Morgan fingerprint density at radius 1 is 1.25 bits per heavy atom. The van der Waals surface area contributed by atoms with Crippen molar-refractivity contribution in [1.29, 1.82) is 5.26 Å². The quantitative estimate of drug-likeness (QED) is 0.602. The summed E-state index contributed by atoms with van der Waals surface area (Å²) in [6, 6.07) is 4.84. The predicted molar refractivity (Wildman–Crippen MR) is 115 cm³/mol. The van der Waals surface area contributed by atoms with Gasteiger partial charge < -0.3 is 5.32 Å². The highest BCUT2D eigenvalue weighted by molar-refractivity contribution is 7.89. The van der Waals surface area contributed by atoms with Crippen LogP contribution < -0.4 is 10.9 Å². The number of nitrogens with zero attached hydrogens (tertiary/aromatic N) is 7. The Hall–Kier alpha value is -3.30. The monoisotopic (exact) mass is 454 g/mol. The molecule has 2 fully saturated rings. The van der Waals surface area contributed by atoms with Crippen LogP contribution in [0.4, 0.5) is 5.95 Å². The Labute approximate surface area is 184 Å². The molecule has 166 valence electrons. The number of hydrogen-bond donors (Lipinski definition) is 1. The van der Waals surface area contributed by atoms with Gasteiger partial charge in [0.2, 0.25) is 5.95 Å². The number of nitriles is 1. The minimum atomic E-state index is -3.63. The van der Waals surface area contributed by atoms with E-state index in [0.29, 0.717) is 17.0 Å². The van der Waals surface area contributed by atoms with Crippen molar-refractivity contribution in [2.24, 2.45) is 7.05 Å². The van der Waals surface area contributed by atoms with Gasteiger partial charge in [0.15, 0.2) is 5.03 Å². The third-order valence-electron chi connectivity index (χ3n) is 6.06. The Balaban J connectivity index is 1.39. The molecule has 0 unspecified atom stereocenters. The molecule has 0 amide bonds. The van der Waals surface area contributed by atoms with Gasteiger partial charge in [-0.1, -0.05) is 12.8 Å². The van der Waals surface area contributed by atoms with Crippen molar-refractivity contribution in [1.82, 2.24) is 28.6 Å². The Kier molecular flexibility index (Phi) is 4.94. The van der Waals surface area contributed by atoms with Gasteiger partial charge in [0.1, 0.15) is 17.3 Å². The molecule has 11 nitrogen and oxygen atoms in total. The van der Waals surface area contributed by atoms with Crippen molar-refractivity contribution in [2.45, 2.75) is 42.8 Å². The second-order valence-electron chi connectivity index (χ2n) is 8.25. The number of rotatable bonds is 5. The Morgan fingerprint density at radius 2 is 2.00 bits per heavy atom. The molecule has 0 aromatic carbocycles. The summed E-state index contributed by atoms with van der Waals surface area (Å²) in [5.41, 5.74) is 0.256. The van der Waals surface area contributed by atoms with E-state index >= 15 is 0 Å². The van der Waals surface area contributed by atoms with Crippen molar-refractivity contribution in [3.05, 3.63) is 40.4 Å². The fourth-order valence-electron chi connectivity index (χ4n) is 4.34. The molecule has 0 spiro atoms. The Morgan fingerprint density at radius 3 is 2.66 bits per heavy atom. The minimum absolute atomic E-state index is 0.0174. The SMILES string of the molecule is Cn1ccc(S(=O)(=O)N2CC(Nc3ncc4cc(C#N)c(=O)n(C5CCCC5)c4n3)C2)n1. The second-order valence-corrected chi connectivity index (χ2v) is 10.1. The molecule has 1 saturated carbocycles. The van der Waals surface area contributed by atoms with Crippen LogP contribution in [0.2, 0.25) is 0 Å². The van der Waals surface area contributed by atoms with E-state index in [1.807, 2.05) is 6.07 Å². The average Bonchev–Trinajstić information content (AvgIpc) is 3.42. The summed E-state index contributed by atoms with van der Waals surface area (Å²) in [5, 5.41) is 17.2. The topological polar surface area (TPSA) is 139 Å². The zero-order valence-corrected chi connectivity index (χ0v) is 18.3. The van der Waals surface area contributed by atoms with Gasteiger partial charge >= 0.3 is 0 Å². The average molecular weight is 455 g/mol. The highest BCUT2D eigenvalue weighted by atomic mass is 32.2. The number of aromatic nitrogens is 5. The first-order valence-corrected chi connectivity index (χ1v) is 11.9. The molecule has 0 bridgehead atoms. The number of hydrogen-bond acceptors (Lipinski definition) is 8. The van der Waals surface area contributed by atoms with E-state index in [1.54, 1.807) is 24.0 Å². The number of sulfonamides is 1. The van der Waals surface area contributed by atoms with Crippen LogP contribution in [0, 0.1) is 11.3 Å². The highest BCUT2D eigenvalue weighted by Gasteiger charge is 2.38. The van der Waals surface area contributed by atoms with Gasteiger partial charge in [-0.15, -0.1) is 0 Å². The number of nitrogens with one attached hydrogen (secondary N) is 1. The van der Waals surface area contributed by atoms with Crippen LogP contribution >= 0.6 is 0 Å². The molecule has 32 heavy (non-hydrogen) atoms. The van der Waals surface area contributed by atoms with Crippen molar-refractivity contribution >= 4 is 27.0 Å². The first-order chi connectivity index (χ1) is 15.4. The van der Waals surface area contributed by atoms with Crippen LogP contribution in [0.1, 0.15) is 37.3 Å². The number of anilines is 1. The van der Waals surface area contributed by atoms with E-state index in [-0.39, 0.29) is 41.3 Å². The molecular formula is C20H22N8O3S. The summed E-state index contributed by atoms with van der Waals surface area (Å²) in [6.07, 6.45) is 7.01. The summed E-state index contributed by atoms with van der Waals surface area (Å²) in [7, 11) is -1.96. The van der Waals surface area contributed by atoms with Crippen LogP contribution in [0.5, 0.6) is 0 Å². The van der Waals surface area contributed by atoms with Gasteiger partial charge in [-0.2, -0.15) is 19.6 Å². The van der Waals surface area contributed by atoms with E-state index in [0.717, 1.165) is 25.7 Å². The molecule has 1 saturated heterocycles. The number of pyridine rings is 1. The van der Waals surface area contributed by atoms with Gasteiger partial charge in [-0.3, -0.25) is 14.0 Å². The standard InChI is InChI=1S/C20H22N8O3S/c1-26-7-6-17(25-26)32(30,31)27-11-15(12-27)23-20-22-10-14-8-13(9-21)19(29)28(18(14)24-20)16-4-2-3-5-16/h6-8,10,15-16H,2-5,11-12H2,1H3,(H,22,23,24). The first-order valence-electron chi connectivity index (χ1n) is 10.5. The normalized spacial score (nSPS) is 18.0. The molecule has 4 heterocycles. The minimum Gasteiger partial charge on any atom is -0.349 e. The molecule has 2 aliphatic rings. The Bertz CT molecular complexity index is 1390. The summed E-state index contributed by atoms with van der Waals surface area (Å²) in [4.78, 5) is 21.8. The lowest BCUT2D eigenvalue weighted by Crippen LogP contribution is -2.57. The molecule has 3 aromatic rings. The molecule has 5 rings (SSSR count). The maximum Gasteiger partial charge on any atom is 0.270 e. The lowest BCUT2D eigenvalue weighted by atomic mass is 10.2. The lowest BCUT2D eigenvalue weighted by Gasteiger charge is -2.37. The van der Waals surface area contributed by atoms with Gasteiger partial charge in [0.05, 0.1) is 6.04 Å². The van der Waals surface area contributed by atoms with E-state index in [2.05, 4.69) is 20.4 Å². The fraction of sp³-hybridized carbons (Fsp3) is 0.450. The molecule has 1 aliphatic carbocycles. The maximum absolute atomic E-state index is 12.9. The molecule has 0 radical (unpaired) electrons. The number of aryl methyl sites for hydroxylation is 1. The molecule has 1 N–H and O–H groups in total. The first kappa shape index (κ1) is 20.6. The summed E-state index contributed by atoms with van der Waals surface area (Å²) in [6.45, 7) is 0.534. The lowest BCUT2D eigenvalue weighted by molar-refractivity contribution is 0.279. The third-order valence-corrected chi connectivity index (χ3v) is 7.78. The molecule has 12 heteroatoms. The zero-order chi connectivity index (χ0) is 22.5. The van der Waals surface area contributed by atoms with E-state index in [4.69, 9.17) is 0 Å². The predicted octanol–water partition coefficient (Wildman–Crippen LogP) is 0.997. The highest BCUT2D eigenvalue weighted by Crippen LogP contribution is 2.31. The third kappa shape index (κ3) is 3.43. The summed E-state index contributed by atoms with van der Waals surface area (Å²) in [5.74, 6) is 0.327. The summed E-state index contributed by atoms with van der Waals surface area (Å²) < 4.78 is 29.7. The number of fused-ring (bicyclic) bond motifs is 1. The van der Waals surface area contributed by atoms with Crippen LogP contribution in [0.15, 0.2) is 34.3 Å². The van der Waals surface area contributed by atoms with Gasteiger partial charge in [0, 0.05) is 44.0 Å². The van der Waals surface area contributed by atoms with Gasteiger partial charge in [-0.05, 0) is 25.0 Å². The molecule has 1 aliphatic heterocycles. The zero-order valence-electron chi connectivity index (χ0n) is 17.5. The van der Waals surface area contributed by atoms with E-state index in [9.17, 15) is 18.5 Å². The van der Waals surface area contributed by atoms with Crippen LogP contribution in [-0.2, 0) is 17.1 Å². The second kappa shape index (κ2) is 7.68. The van der Waals surface area contributed by atoms with Gasteiger partial charge in [0.25, 0.3) is 15.6 Å². The molecule has 3 aromatic heterocycles. The van der Waals surface area contributed by atoms with Crippen molar-refractivity contribution < 1.29 is 8.42 Å². The molecule has 0 atom stereocenters. The fourth-order valence-corrected chi connectivity index (χ4v) is 5.82. The van der Waals surface area contributed by atoms with E-state index < -0.39 is 10.0 Å². The smallest absolute Gasteiger partial charge is 0.270 e. The molecular weight excluding hydrogens is 432 g/mol. The van der Waals surface area contributed by atoms with Crippen LogP contribution in [0.25, 0.3) is 11.0 Å². The largest absolute Gasteiger partial charge is 0.349 e. The van der Waals surface area contributed by atoms with Gasteiger partial charge in [-0.25, -0.2) is 13.4 Å². The van der Waals surface area contributed by atoms with Crippen molar-refractivity contribution in [3.63, 3.8) is 0 Å². The summed E-state index contributed by atoms with van der Waals surface area (Å²) >= 11 is 0. The van der Waals surface area contributed by atoms with Crippen molar-refractivity contribution in [2.75, 3.05) is 18.4 Å². The van der Waals surface area contributed by atoms with E-state index in [1.165, 1.54) is 21.1 Å². The van der Waals surface area contributed by atoms with Crippen LogP contribution in [0.3, 0.4) is 0 Å².